The molecular weight excluding hydrogens is 168 g/mol. The molecule has 0 amide bonds. The Morgan fingerprint density at radius 3 is 2.29 bits per heavy atom. The Bertz CT molecular complexity index is 163. The molecule has 0 bridgehead atoms. The van der Waals surface area contributed by atoms with E-state index in [1.165, 1.54) is 44.1 Å². The average molecular weight is 194 g/mol. The second-order valence-electron chi connectivity index (χ2n) is 3.84. The first kappa shape index (κ1) is 13.5. The summed E-state index contributed by atoms with van der Waals surface area (Å²) in [6.07, 6.45) is 15.9. The van der Waals surface area contributed by atoms with Crippen LogP contribution < -0.4 is 0 Å². The van der Waals surface area contributed by atoms with Crippen LogP contribution in [0.4, 0.5) is 0 Å². The Balaban J connectivity index is 3.83. The van der Waals surface area contributed by atoms with E-state index in [-0.39, 0.29) is 0 Å². The molecule has 14 heavy (non-hydrogen) atoms. The fourth-order valence-electron chi connectivity index (χ4n) is 1.45. The van der Waals surface area contributed by atoms with Gasteiger partial charge in [0.25, 0.3) is 0 Å². The zero-order chi connectivity index (χ0) is 10.6. The van der Waals surface area contributed by atoms with E-state index < -0.39 is 0 Å². The van der Waals surface area contributed by atoms with E-state index in [1.54, 1.807) is 0 Å². The van der Waals surface area contributed by atoms with Crippen LogP contribution in [0.1, 0.15) is 65.7 Å². The lowest BCUT2D eigenvalue weighted by atomic mass is 10.1. The molecule has 0 unspecified atom stereocenters. The zero-order valence-electron chi connectivity index (χ0n) is 10.2. The van der Waals surface area contributed by atoms with E-state index in [0.717, 1.165) is 6.42 Å². The molecule has 0 atom stereocenters. The minimum atomic E-state index is 1.16. The Morgan fingerprint density at radius 2 is 1.71 bits per heavy atom. The van der Waals surface area contributed by atoms with Crippen molar-refractivity contribution in [3.05, 3.63) is 23.8 Å². The van der Waals surface area contributed by atoms with Crippen molar-refractivity contribution in [1.82, 2.24) is 0 Å². The van der Waals surface area contributed by atoms with Gasteiger partial charge in [-0.05, 0) is 25.7 Å². The van der Waals surface area contributed by atoms with Gasteiger partial charge in [-0.15, -0.1) is 0 Å². The summed E-state index contributed by atoms with van der Waals surface area (Å²) in [6, 6.07) is 0. The molecule has 0 radical (unpaired) electrons. The number of hydrogen-bond acceptors (Lipinski definition) is 0. The Morgan fingerprint density at radius 1 is 1.00 bits per heavy atom. The Hall–Kier alpha value is -0.520. The van der Waals surface area contributed by atoms with Crippen LogP contribution in [0.15, 0.2) is 23.8 Å². The third kappa shape index (κ3) is 8.10. The number of allylic oxidation sites excluding steroid dienone is 4. The maximum absolute atomic E-state index is 2.36. The molecule has 0 heteroatoms. The van der Waals surface area contributed by atoms with Gasteiger partial charge in [0, 0.05) is 0 Å². The standard InChI is InChI=1S/C14H26/c1-4-7-9-10-13-14(11-6-3)12-8-5-2/h10-11,13H,4-9,12H2,1-3H3/b13-10-,14-11+. The molecule has 0 aliphatic heterocycles. The van der Waals surface area contributed by atoms with Gasteiger partial charge >= 0.3 is 0 Å². The summed E-state index contributed by atoms with van der Waals surface area (Å²) in [4.78, 5) is 0. The second kappa shape index (κ2) is 10.6. The highest BCUT2D eigenvalue weighted by atomic mass is 14.0. The van der Waals surface area contributed by atoms with E-state index in [4.69, 9.17) is 0 Å². The summed E-state index contributed by atoms with van der Waals surface area (Å²) in [5, 5.41) is 0. The molecule has 0 fully saturated rings. The first-order valence-corrected chi connectivity index (χ1v) is 6.20. The van der Waals surface area contributed by atoms with Gasteiger partial charge in [0.1, 0.15) is 0 Å². The van der Waals surface area contributed by atoms with Gasteiger partial charge in [-0.3, -0.25) is 0 Å². The highest BCUT2D eigenvalue weighted by molar-refractivity contribution is 5.18. The van der Waals surface area contributed by atoms with Crippen molar-refractivity contribution in [1.29, 1.82) is 0 Å². The van der Waals surface area contributed by atoms with E-state index in [9.17, 15) is 0 Å². The molecule has 0 saturated carbocycles. The van der Waals surface area contributed by atoms with Crippen molar-refractivity contribution in [3.63, 3.8) is 0 Å². The number of rotatable bonds is 8. The molecule has 0 aliphatic rings. The van der Waals surface area contributed by atoms with Crippen molar-refractivity contribution < 1.29 is 0 Å². The van der Waals surface area contributed by atoms with E-state index in [1.807, 2.05) is 0 Å². The van der Waals surface area contributed by atoms with Crippen molar-refractivity contribution in [2.45, 2.75) is 65.7 Å². The molecule has 0 rings (SSSR count). The molecule has 0 aromatic heterocycles. The van der Waals surface area contributed by atoms with Gasteiger partial charge in [-0.2, -0.15) is 0 Å². The molecule has 0 spiro atoms. The van der Waals surface area contributed by atoms with E-state index >= 15 is 0 Å². The van der Waals surface area contributed by atoms with Crippen LogP contribution in [0.2, 0.25) is 0 Å². The van der Waals surface area contributed by atoms with Crippen LogP contribution in [-0.4, -0.2) is 0 Å². The van der Waals surface area contributed by atoms with Crippen LogP contribution in [0.25, 0.3) is 0 Å². The van der Waals surface area contributed by atoms with Crippen LogP contribution in [0, 0.1) is 0 Å². The van der Waals surface area contributed by atoms with Crippen molar-refractivity contribution in [2.24, 2.45) is 0 Å². The topological polar surface area (TPSA) is 0 Å². The third-order valence-corrected chi connectivity index (χ3v) is 2.34. The third-order valence-electron chi connectivity index (χ3n) is 2.34. The summed E-state index contributed by atoms with van der Waals surface area (Å²) in [5.74, 6) is 0. The Kier molecular flexibility index (Phi) is 10.2. The lowest BCUT2D eigenvalue weighted by Gasteiger charge is -2.00. The molecule has 0 saturated heterocycles. The molecule has 0 aliphatic carbocycles. The van der Waals surface area contributed by atoms with E-state index in [0.29, 0.717) is 0 Å². The van der Waals surface area contributed by atoms with Crippen molar-refractivity contribution in [3.8, 4) is 0 Å². The van der Waals surface area contributed by atoms with Gasteiger partial charge in [0.05, 0.1) is 0 Å². The average Bonchev–Trinajstić information content (AvgIpc) is 2.20. The van der Waals surface area contributed by atoms with Gasteiger partial charge in [-0.1, -0.05) is 63.8 Å². The van der Waals surface area contributed by atoms with Gasteiger partial charge in [0.2, 0.25) is 0 Å². The predicted octanol–water partition coefficient (Wildman–Crippen LogP) is 5.26. The highest BCUT2D eigenvalue weighted by Gasteiger charge is 1.90. The lowest BCUT2D eigenvalue weighted by Crippen LogP contribution is -1.80. The smallest absolute Gasteiger partial charge is 0.0282 e. The van der Waals surface area contributed by atoms with E-state index in [2.05, 4.69) is 39.0 Å². The number of unbranched alkanes of at least 4 members (excludes halogenated alkanes) is 3. The minimum absolute atomic E-state index is 1.16. The van der Waals surface area contributed by atoms with Crippen LogP contribution >= 0.6 is 0 Å². The normalized spacial score (nSPS) is 12.6. The summed E-state index contributed by atoms with van der Waals surface area (Å²) in [6.45, 7) is 6.71. The van der Waals surface area contributed by atoms with Crippen molar-refractivity contribution >= 4 is 0 Å². The Labute approximate surface area is 90.1 Å². The molecule has 0 heterocycles. The number of hydrogen-bond donors (Lipinski definition) is 0. The van der Waals surface area contributed by atoms with Crippen LogP contribution in [-0.2, 0) is 0 Å². The largest absolute Gasteiger partial charge is 0.0843 e. The maximum atomic E-state index is 2.36. The molecule has 0 nitrogen and oxygen atoms in total. The quantitative estimate of drug-likeness (QED) is 0.365. The maximum Gasteiger partial charge on any atom is -0.0282 e. The summed E-state index contributed by atoms with van der Waals surface area (Å²) in [7, 11) is 0. The molecule has 0 aromatic rings. The second-order valence-corrected chi connectivity index (χ2v) is 3.84. The van der Waals surface area contributed by atoms with Gasteiger partial charge < -0.3 is 0 Å². The van der Waals surface area contributed by atoms with Gasteiger partial charge in [-0.25, -0.2) is 0 Å². The minimum Gasteiger partial charge on any atom is -0.0843 e. The lowest BCUT2D eigenvalue weighted by molar-refractivity contribution is 0.790. The summed E-state index contributed by atoms with van der Waals surface area (Å²) in [5.41, 5.74) is 1.53. The molecular formula is C14H26. The molecule has 0 N–H and O–H groups in total. The van der Waals surface area contributed by atoms with Crippen molar-refractivity contribution in [2.75, 3.05) is 0 Å². The van der Waals surface area contributed by atoms with Crippen LogP contribution in [0.3, 0.4) is 0 Å². The monoisotopic (exact) mass is 194 g/mol. The van der Waals surface area contributed by atoms with Crippen LogP contribution in [0.5, 0.6) is 0 Å². The van der Waals surface area contributed by atoms with Gasteiger partial charge in [0.15, 0.2) is 0 Å². The highest BCUT2D eigenvalue weighted by Crippen LogP contribution is 2.10. The fourth-order valence-corrected chi connectivity index (χ4v) is 1.45. The zero-order valence-corrected chi connectivity index (χ0v) is 10.2. The first-order chi connectivity index (χ1) is 6.85. The fraction of sp³-hybridized carbons (Fsp3) is 0.714. The molecule has 0 aromatic carbocycles. The summed E-state index contributed by atoms with van der Waals surface area (Å²) >= 11 is 0. The SMILES string of the molecule is CC/C=C(/C=C\CCCC)CCCC. The first-order valence-electron chi connectivity index (χ1n) is 6.20. The summed E-state index contributed by atoms with van der Waals surface area (Å²) < 4.78 is 0. The predicted molar refractivity (Wildman–Crippen MR) is 66.6 cm³/mol. The molecule has 82 valence electrons.